The van der Waals surface area contributed by atoms with Gasteiger partial charge in [-0.2, -0.15) is 0 Å². The van der Waals surface area contributed by atoms with Gasteiger partial charge in [0.1, 0.15) is 11.6 Å². The standard InChI is InChI=1S/C11H18N6O2/c1-16-4-2-3-8(16)7-13-10-5-9(17(18)19)6-11(14-10)15-12/h5-6,8H,2-4,7,12H2,1H3,(H2,13,14,15). The minimum absolute atomic E-state index is 0.0368. The molecule has 8 heteroatoms. The Balaban J connectivity index is 2.06. The summed E-state index contributed by atoms with van der Waals surface area (Å²) in [5.74, 6) is 5.99. The maximum absolute atomic E-state index is 10.8. The molecule has 1 unspecified atom stereocenters. The molecule has 0 bridgehead atoms. The van der Waals surface area contributed by atoms with Gasteiger partial charge >= 0.3 is 0 Å². The van der Waals surface area contributed by atoms with Gasteiger partial charge in [0.05, 0.1) is 17.1 Å². The van der Waals surface area contributed by atoms with E-state index in [0.29, 0.717) is 18.4 Å². The molecule has 104 valence electrons. The van der Waals surface area contributed by atoms with Crippen LogP contribution in [0.25, 0.3) is 0 Å². The third kappa shape index (κ3) is 3.30. The van der Waals surface area contributed by atoms with E-state index in [1.54, 1.807) is 0 Å². The largest absolute Gasteiger partial charge is 0.368 e. The minimum atomic E-state index is -0.463. The highest BCUT2D eigenvalue weighted by atomic mass is 16.6. The van der Waals surface area contributed by atoms with Crippen LogP contribution in [0, 0.1) is 10.1 Å². The Kier molecular flexibility index (Phi) is 4.13. The van der Waals surface area contributed by atoms with Crippen LogP contribution in [0.15, 0.2) is 12.1 Å². The molecule has 1 aromatic rings. The van der Waals surface area contributed by atoms with Gasteiger partial charge in [-0.1, -0.05) is 0 Å². The molecule has 2 rings (SSSR count). The molecule has 0 radical (unpaired) electrons. The van der Waals surface area contributed by atoms with E-state index >= 15 is 0 Å². The van der Waals surface area contributed by atoms with Crippen LogP contribution in [-0.2, 0) is 0 Å². The Hall–Kier alpha value is -1.93. The quantitative estimate of drug-likeness (QED) is 0.410. The van der Waals surface area contributed by atoms with Crippen molar-refractivity contribution in [1.82, 2.24) is 9.88 Å². The predicted molar refractivity (Wildman–Crippen MR) is 72.8 cm³/mol. The highest BCUT2D eigenvalue weighted by molar-refractivity contribution is 5.54. The summed E-state index contributed by atoms with van der Waals surface area (Å²) in [6, 6.07) is 3.15. The van der Waals surface area contributed by atoms with E-state index in [-0.39, 0.29) is 11.5 Å². The molecule has 0 saturated carbocycles. The molecule has 0 amide bonds. The summed E-state index contributed by atoms with van der Waals surface area (Å²) in [6.45, 7) is 1.80. The number of nitrogens with one attached hydrogen (secondary N) is 2. The summed E-state index contributed by atoms with van der Waals surface area (Å²) >= 11 is 0. The first kappa shape index (κ1) is 13.5. The van der Waals surface area contributed by atoms with Gasteiger partial charge in [0.15, 0.2) is 0 Å². The van der Waals surface area contributed by atoms with Crippen LogP contribution >= 0.6 is 0 Å². The van der Waals surface area contributed by atoms with Crippen LogP contribution in [0.1, 0.15) is 12.8 Å². The number of nitro groups is 1. The molecule has 1 aromatic heterocycles. The Bertz CT molecular complexity index is 466. The van der Waals surface area contributed by atoms with Gasteiger partial charge in [-0.15, -0.1) is 0 Å². The average Bonchev–Trinajstić information content (AvgIpc) is 2.81. The number of nitrogens with two attached hydrogens (primary N) is 1. The second-order valence-corrected chi connectivity index (χ2v) is 4.65. The van der Waals surface area contributed by atoms with Crippen molar-refractivity contribution in [3.8, 4) is 0 Å². The number of likely N-dealkylation sites (N-methyl/N-ethyl adjacent to an activating group) is 1. The van der Waals surface area contributed by atoms with Crippen molar-refractivity contribution in [3.05, 3.63) is 22.2 Å². The number of nitrogens with zero attached hydrogens (tertiary/aromatic N) is 3. The Morgan fingerprint density at radius 2 is 2.32 bits per heavy atom. The van der Waals surface area contributed by atoms with E-state index in [4.69, 9.17) is 5.84 Å². The molecule has 8 nitrogen and oxygen atoms in total. The number of likely N-dealkylation sites (tertiary alicyclic amines) is 1. The number of hydrazine groups is 1. The molecule has 2 heterocycles. The molecule has 0 aliphatic carbocycles. The van der Waals surface area contributed by atoms with E-state index in [9.17, 15) is 10.1 Å². The number of anilines is 2. The number of hydrogen-bond donors (Lipinski definition) is 3. The highest BCUT2D eigenvalue weighted by Gasteiger charge is 2.20. The van der Waals surface area contributed by atoms with Crippen LogP contribution < -0.4 is 16.6 Å². The zero-order valence-corrected chi connectivity index (χ0v) is 10.8. The first-order valence-electron chi connectivity index (χ1n) is 6.17. The molecule has 4 N–H and O–H groups in total. The van der Waals surface area contributed by atoms with Crippen LogP contribution in [0.5, 0.6) is 0 Å². The molecule has 1 fully saturated rings. The number of rotatable bonds is 5. The zero-order valence-electron chi connectivity index (χ0n) is 10.8. The lowest BCUT2D eigenvalue weighted by atomic mass is 10.2. The number of aromatic nitrogens is 1. The van der Waals surface area contributed by atoms with Gasteiger partial charge in [-0.05, 0) is 26.4 Å². The smallest absolute Gasteiger partial charge is 0.276 e. The Labute approximate surface area is 111 Å². The maximum Gasteiger partial charge on any atom is 0.276 e. The fourth-order valence-electron chi connectivity index (χ4n) is 2.25. The SMILES string of the molecule is CN1CCCC1CNc1cc([N+](=O)[O-])cc(NN)n1. The van der Waals surface area contributed by atoms with E-state index < -0.39 is 4.92 Å². The van der Waals surface area contributed by atoms with Crippen molar-refractivity contribution in [1.29, 1.82) is 0 Å². The van der Waals surface area contributed by atoms with Gasteiger partial charge in [0.2, 0.25) is 0 Å². The topological polar surface area (TPSA) is 109 Å². The minimum Gasteiger partial charge on any atom is -0.368 e. The fraction of sp³-hybridized carbons (Fsp3) is 0.545. The lowest BCUT2D eigenvalue weighted by Crippen LogP contribution is -2.31. The van der Waals surface area contributed by atoms with E-state index in [1.807, 2.05) is 0 Å². The van der Waals surface area contributed by atoms with Crippen molar-refractivity contribution >= 4 is 17.3 Å². The van der Waals surface area contributed by atoms with Crippen molar-refractivity contribution in [2.24, 2.45) is 5.84 Å². The first-order chi connectivity index (χ1) is 9.10. The van der Waals surface area contributed by atoms with Crippen LogP contribution in [0.2, 0.25) is 0 Å². The third-order valence-corrected chi connectivity index (χ3v) is 3.36. The molecular formula is C11H18N6O2. The Morgan fingerprint density at radius 1 is 1.58 bits per heavy atom. The summed E-state index contributed by atoms with van der Waals surface area (Å²) in [6.07, 6.45) is 2.31. The summed E-state index contributed by atoms with van der Waals surface area (Å²) in [5, 5.41) is 13.9. The molecular weight excluding hydrogens is 248 g/mol. The first-order valence-corrected chi connectivity index (χ1v) is 6.17. The molecule has 0 aromatic carbocycles. The molecule has 1 aliphatic rings. The lowest BCUT2D eigenvalue weighted by molar-refractivity contribution is -0.384. The molecule has 0 spiro atoms. The van der Waals surface area contributed by atoms with Crippen LogP contribution in [0.3, 0.4) is 0 Å². The fourth-order valence-corrected chi connectivity index (χ4v) is 2.25. The van der Waals surface area contributed by atoms with Gasteiger partial charge in [-0.25, -0.2) is 10.8 Å². The normalized spacial score (nSPS) is 19.4. The lowest BCUT2D eigenvalue weighted by Gasteiger charge is -2.20. The van der Waals surface area contributed by atoms with E-state index in [1.165, 1.54) is 18.6 Å². The zero-order chi connectivity index (χ0) is 13.8. The summed E-state index contributed by atoms with van der Waals surface area (Å²) < 4.78 is 0. The summed E-state index contributed by atoms with van der Waals surface area (Å²) in [7, 11) is 2.08. The van der Waals surface area contributed by atoms with Crippen molar-refractivity contribution in [2.75, 3.05) is 30.9 Å². The number of pyridine rings is 1. The van der Waals surface area contributed by atoms with Crippen molar-refractivity contribution < 1.29 is 4.92 Å². The van der Waals surface area contributed by atoms with E-state index in [2.05, 4.69) is 27.7 Å². The Morgan fingerprint density at radius 3 is 2.89 bits per heavy atom. The molecule has 1 atom stereocenters. The second kappa shape index (κ2) is 5.81. The molecule has 1 saturated heterocycles. The van der Waals surface area contributed by atoms with Crippen molar-refractivity contribution in [2.45, 2.75) is 18.9 Å². The highest BCUT2D eigenvalue weighted by Crippen LogP contribution is 2.21. The van der Waals surface area contributed by atoms with Gasteiger partial charge in [0.25, 0.3) is 5.69 Å². The second-order valence-electron chi connectivity index (χ2n) is 4.65. The average molecular weight is 266 g/mol. The number of nitrogen functional groups attached to an aromatic ring is 1. The van der Waals surface area contributed by atoms with Gasteiger partial charge in [0, 0.05) is 12.6 Å². The van der Waals surface area contributed by atoms with Crippen LogP contribution in [0.4, 0.5) is 17.3 Å². The monoisotopic (exact) mass is 266 g/mol. The van der Waals surface area contributed by atoms with Gasteiger partial charge < -0.3 is 15.6 Å². The van der Waals surface area contributed by atoms with Gasteiger partial charge in [-0.3, -0.25) is 10.1 Å². The summed E-state index contributed by atoms with van der Waals surface area (Å²) in [5.41, 5.74) is 2.30. The maximum atomic E-state index is 10.8. The van der Waals surface area contributed by atoms with Crippen molar-refractivity contribution in [3.63, 3.8) is 0 Å². The third-order valence-electron chi connectivity index (χ3n) is 3.36. The molecule has 19 heavy (non-hydrogen) atoms. The molecule has 1 aliphatic heterocycles. The van der Waals surface area contributed by atoms with Crippen LogP contribution in [-0.4, -0.2) is 41.0 Å². The number of hydrogen-bond acceptors (Lipinski definition) is 7. The van der Waals surface area contributed by atoms with E-state index in [0.717, 1.165) is 13.0 Å². The summed E-state index contributed by atoms with van der Waals surface area (Å²) in [4.78, 5) is 16.8. The predicted octanol–water partition coefficient (Wildman–Crippen LogP) is 0.781.